The molecule has 0 bridgehead atoms. The Morgan fingerprint density at radius 2 is 0.852 bits per heavy atom. The number of phenolic OH excluding ortho intramolecular Hbond substituents is 2. The van der Waals surface area contributed by atoms with Gasteiger partial charge in [0, 0.05) is 48.7 Å². The maximum Gasteiger partial charge on any atom is 0.131 e. The van der Waals surface area contributed by atoms with Crippen molar-refractivity contribution in [3.8, 4) is 23.0 Å². The molecule has 7 nitrogen and oxygen atoms in total. The van der Waals surface area contributed by atoms with E-state index >= 15 is 0 Å². The standard InChI is InChI=1S/C20H26O7/c21-9-5-13-15(7-11-23)19(3-1-17(13)25)27-20-4-2-18(26)14(6-10-22)16(20)8-12-24/h1-4,21-26H,5-12H2. The average molecular weight is 378 g/mol. The monoisotopic (exact) mass is 378 g/mol. The third kappa shape index (κ3) is 4.90. The first-order valence-corrected chi connectivity index (χ1v) is 8.86. The van der Waals surface area contributed by atoms with E-state index in [4.69, 9.17) is 4.74 Å². The predicted octanol–water partition coefficient (Wildman–Crippen LogP) is 1.03. The number of ether oxygens (including phenoxy) is 1. The number of phenols is 2. The van der Waals surface area contributed by atoms with Gasteiger partial charge in [0.1, 0.15) is 23.0 Å². The Hall–Kier alpha value is -2.32. The van der Waals surface area contributed by atoms with E-state index in [2.05, 4.69) is 0 Å². The van der Waals surface area contributed by atoms with Crippen molar-refractivity contribution in [2.45, 2.75) is 25.7 Å². The van der Waals surface area contributed by atoms with Gasteiger partial charge < -0.3 is 35.4 Å². The van der Waals surface area contributed by atoms with Gasteiger partial charge in [-0.15, -0.1) is 0 Å². The van der Waals surface area contributed by atoms with E-state index in [1.165, 1.54) is 12.1 Å². The molecule has 0 fully saturated rings. The normalized spacial score (nSPS) is 11.0. The molecule has 27 heavy (non-hydrogen) atoms. The van der Waals surface area contributed by atoms with Crippen LogP contribution in [-0.2, 0) is 25.7 Å². The molecule has 0 aliphatic heterocycles. The summed E-state index contributed by atoms with van der Waals surface area (Å²) in [6, 6.07) is 6.06. The molecule has 0 amide bonds. The van der Waals surface area contributed by atoms with E-state index in [1.807, 2.05) is 0 Å². The second-order valence-electron chi connectivity index (χ2n) is 6.08. The van der Waals surface area contributed by atoms with Crippen molar-refractivity contribution in [1.29, 1.82) is 0 Å². The third-order valence-corrected chi connectivity index (χ3v) is 4.39. The molecule has 0 atom stereocenters. The van der Waals surface area contributed by atoms with Crippen LogP contribution in [0.4, 0.5) is 0 Å². The highest BCUT2D eigenvalue weighted by atomic mass is 16.5. The van der Waals surface area contributed by atoms with Gasteiger partial charge in [-0.3, -0.25) is 0 Å². The van der Waals surface area contributed by atoms with Gasteiger partial charge in [0.05, 0.1) is 0 Å². The minimum Gasteiger partial charge on any atom is -0.508 e. The summed E-state index contributed by atoms with van der Waals surface area (Å²) in [4.78, 5) is 0. The van der Waals surface area contributed by atoms with Crippen LogP contribution in [0.2, 0.25) is 0 Å². The Bertz CT molecular complexity index is 695. The molecule has 0 spiro atoms. The fraction of sp³-hybridized carbons (Fsp3) is 0.400. The van der Waals surface area contributed by atoms with Crippen LogP contribution in [0.3, 0.4) is 0 Å². The molecular formula is C20H26O7. The van der Waals surface area contributed by atoms with Crippen molar-refractivity contribution in [1.82, 2.24) is 0 Å². The van der Waals surface area contributed by atoms with Gasteiger partial charge in [-0.1, -0.05) is 0 Å². The van der Waals surface area contributed by atoms with Crippen LogP contribution in [0.5, 0.6) is 23.0 Å². The van der Waals surface area contributed by atoms with Crippen molar-refractivity contribution in [2.75, 3.05) is 26.4 Å². The summed E-state index contributed by atoms with van der Waals surface area (Å²) in [5.41, 5.74) is 2.17. The zero-order chi connectivity index (χ0) is 19.8. The van der Waals surface area contributed by atoms with E-state index in [0.717, 1.165) is 0 Å². The number of aliphatic hydroxyl groups is 4. The number of benzene rings is 2. The Balaban J connectivity index is 2.53. The molecule has 0 heterocycles. The number of rotatable bonds is 10. The van der Waals surface area contributed by atoms with Crippen LogP contribution in [0.25, 0.3) is 0 Å². The van der Waals surface area contributed by atoms with Crippen LogP contribution >= 0.6 is 0 Å². The molecular weight excluding hydrogens is 352 g/mol. The average Bonchev–Trinajstić information content (AvgIpc) is 2.65. The summed E-state index contributed by atoms with van der Waals surface area (Å²) in [5, 5.41) is 57.5. The Labute approximate surface area is 157 Å². The van der Waals surface area contributed by atoms with Crippen molar-refractivity contribution in [3.63, 3.8) is 0 Å². The fourth-order valence-electron chi connectivity index (χ4n) is 3.18. The molecule has 6 N–H and O–H groups in total. The zero-order valence-corrected chi connectivity index (χ0v) is 15.1. The molecule has 2 aromatic carbocycles. The highest BCUT2D eigenvalue weighted by molar-refractivity contribution is 5.53. The summed E-state index contributed by atoms with van der Waals surface area (Å²) in [6.07, 6.45) is 0.895. The van der Waals surface area contributed by atoms with Gasteiger partial charge in [-0.25, -0.2) is 0 Å². The summed E-state index contributed by atoms with van der Waals surface area (Å²) < 4.78 is 6.02. The minimum atomic E-state index is -0.162. The molecule has 0 aliphatic carbocycles. The van der Waals surface area contributed by atoms with Crippen molar-refractivity contribution >= 4 is 0 Å². The molecule has 0 unspecified atom stereocenters. The molecule has 2 rings (SSSR count). The lowest BCUT2D eigenvalue weighted by Crippen LogP contribution is -2.06. The molecule has 0 aromatic heterocycles. The number of aliphatic hydroxyl groups excluding tert-OH is 4. The quantitative estimate of drug-likeness (QED) is 0.364. The maximum absolute atomic E-state index is 10.1. The first-order valence-electron chi connectivity index (χ1n) is 8.86. The van der Waals surface area contributed by atoms with Gasteiger partial charge in [0.25, 0.3) is 0 Å². The second-order valence-corrected chi connectivity index (χ2v) is 6.08. The van der Waals surface area contributed by atoms with Crippen molar-refractivity contribution in [3.05, 3.63) is 46.5 Å². The lowest BCUT2D eigenvalue weighted by Gasteiger charge is -2.19. The largest absolute Gasteiger partial charge is 0.508 e. The van der Waals surface area contributed by atoms with Crippen molar-refractivity contribution in [2.24, 2.45) is 0 Å². The highest BCUT2D eigenvalue weighted by Crippen LogP contribution is 2.37. The van der Waals surface area contributed by atoms with Crippen molar-refractivity contribution < 1.29 is 35.4 Å². The fourth-order valence-corrected chi connectivity index (χ4v) is 3.18. The number of hydrogen-bond donors (Lipinski definition) is 6. The first kappa shape index (κ1) is 21.0. The summed E-state index contributed by atoms with van der Waals surface area (Å²) in [6.45, 7) is -0.643. The van der Waals surface area contributed by atoms with E-state index in [1.54, 1.807) is 12.1 Å². The van der Waals surface area contributed by atoms with Gasteiger partial charge >= 0.3 is 0 Å². The van der Waals surface area contributed by atoms with Gasteiger partial charge in [0.2, 0.25) is 0 Å². The van der Waals surface area contributed by atoms with Crippen LogP contribution in [0.15, 0.2) is 24.3 Å². The van der Waals surface area contributed by atoms with Crippen LogP contribution < -0.4 is 4.74 Å². The molecule has 0 aliphatic rings. The molecule has 148 valence electrons. The second kappa shape index (κ2) is 10.1. The third-order valence-electron chi connectivity index (χ3n) is 4.39. The molecule has 7 heteroatoms. The molecule has 0 saturated heterocycles. The van der Waals surface area contributed by atoms with E-state index in [-0.39, 0.29) is 63.6 Å². The Morgan fingerprint density at radius 1 is 0.519 bits per heavy atom. The zero-order valence-electron chi connectivity index (χ0n) is 15.1. The molecule has 0 radical (unpaired) electrons. The van der Waals surface area contributed by atoms with E-state index < -0.39 is 0 Å². The topological polar surface area (TPSA) is 131 Å². The first-order chi connectivity index (χ1) is 13.1. The van der Waals surface area contributed by atoms with Gasteiger partial charge in [-0.05, 0) is 49.9 Å². The SMILES string of the molecule is OCCc1c(O)ccc(Oc2ccc(O)c(CCO)c2CCO)c1CCO. The lowest BCUT2D eigenvalue weighted by molar-refractivity contribution is 0.287. The van der Waals surface area contributed by atoms with Crippen LogP contribution in [0.1, 0.15) is 22.3 Å². The molecule has 2 aromatic rings. The molecule has 0 saturated carbocycles. The van der Waals surface area contributed by atoms with Gasteiger partial charge in [0.15, 0.2) is 0 Å². The Morgan fingerprint density at radius 3 is 1.19 bits per heavy atom. The smallest absolute Gasteiger partial charge is 0.131 e. The van der Waals surface area contributed by atoms with Gasteiger partial charge in [-0.2, -0.15) is 0 Å². The highest BCUT2D eigenvalue weighted by Gasteiger charge is 2.18. The number of hydrogen-bond acceptors (Lipinski definition) is 7. The summed E-state index contributed by atoms with van der Waals surface area (Å²) in [5.74, 6) is 0.847. The predicted molar refractivity (Wildman–Crippen MR) is 99.4 cm³/mol. The van der Waals surface area contributed by atoms with E-state index in [9.17, 15) is 30.6 Å². The van der Waals surface area contributed by atoms with Crippen LogP contribution in [-0.4, -0.2) is 57.1 Å². The summed E-state index contributed by atoms with van der Waals surface area (Å²) >= 11 is 0. The summed E-state index contributed by atoms with van der Waals surface area (Å²) in [7, 11) is 0. The Kier molecular flexibility index (Phi) is 7.87. The number of aromatic hydroxyl groups is 2. The van der Waals surface area contributed by atoms with E-state index in [0.29, 0.717) is 33.8 Å². The minimum absolute atomic E-state index is 0.0158. The maximum atomic E-state index is 10.1. The van der Waals surface area contributed by atoms with Crippen LogP contribution in [0, 0.1) is 0 Å². The lowest BCUT2D eigenvalue weighted by atomic mass is 9.98.